The molecule has 1 saturated heterocycles. The lowest BCUT2D eigenvalue weighted by atomic mass is 10.0. The number of anilines is 3. The van der Waals surface area contributed by atoms with Crippen LogP contribution in [0.1, 0.15) is 23.6 Å². The molecule has 1 aromatic heterocycles. The number of rotatable bonds is 7. The van der Waals surface area contributed by atoms with Crippen LogP contribution in [0, 0.1) is 11.3 Å². The fourth-order valence-corrected chi connectivity index (χ4v) is 3.62. The Bertz CT molecular complexity index is 1110. The van der Waals surface area contributed by atoms with Gasteiger partial charge in [0.25, 0.3) is 0 Å². The Kier molecular flexibility index (Phi) is 7.77. The van der Waals surface area contributed by atoms with Crippen LogP contribution in [0.4, 0.5) is 17.5 Å². The van der Waals surface area contributed by atoms with Gasteiger partial charge in [-0.3, -0.25) is 4.84 Å². The number of hydroxylamine groups is 1. The lowest BCUT2D eigenvalue weighted by Crippen LogP contribution is -2.23. The molecule has 1 aliphatic rings. The van der Waals surface area contributed by atoms with Crippen LogP contribution in [0.2, 0.25) is 0 Å². The molecule has 172 valence electrons. The van der Waals surface area contributed by atoms with Crippen molar-refractivity contribution >= 4 is 29.9 Å². The van der Waals surface area contributed by atoms with E-state index in [1.165, 1.54) is 6.20 Å². The average molecular weight is 470 g/mol. The van der Waals surface area contributed by atoms with Crippen LogP contribution < -0.4 is 24.6 Å². The zero-order valence-corrected chi connectivity index (χ0v) is 19.3. The number of halogens is 1. The third-order valence-electron chi connectivity index (χ3n) is 5.11. The van der Waals surface area contributed by atoms with Crippen LogP contribution in [-0.4, -0.2) is 37.9 Å². The molecule has 10 heteroatoms. The molecule has 4 rings (SSSR count). The maximum Gasteiger partial charge on any atom is 0.229 e. The van der Waals surface area contributed by atoms with Gasteiger partial charge in [-0.1, -0.05) is 30.3 Å². The van der Waals surface area contributed by atoms with Crippen molar-refractivity contribution in [1.29, 1.82) is 5.26 Å². The number of hydrogen-bond acceptors (Lipinski definition) is 9. The average Bonchev–Trinajstić information content (AvgIpc) is 3.33. The van der Waals surface area contributed by atoms with Gasteiger partial charge in [-0.2, -0.15) is 10.2 Å². The Morgan fingerprint density at radius 2 is 1.79 bits per heavy atom. The van der Waals surface area contributed by atoms with Gasteiger partial charge in [0.05, 0.1) is 40.2 Å². The molecular formula is C23H24ClN5O4. The Balaban J connectivity index is 0.00000306. The molecule has 0 amide bonds. The van der Waals surface area contributed by atoms with Crippen molar-refractivity contribution in [2.75, 3.05) is 38.3 Å². The molecule has 0 radical (unpaired) electrons. The van der Waals surface area contributed by atoms with Crippen LogP contribution in [0.15, 0.2) is 48.7 Å². The van der Waals surface area contributed by atoms with E-state index in [4.69, 9.17) is 19.0 Å². The molecule has 0 spiro atoms. The zero-order chi connectivity index (χ0) is 22.5. The van der Waals surface area contributed by atoms with E-state index in [0.29, 0.717) is 46.9 Å². The van der Waals surface area contributed by atoms with Crippen molar-refractivity contribution in [3.05, 3.63) is 59.8 Å². The van der Waals surface area contributed by atoms with Gasteiger partial charge in [0.15, 0.2) is 17.3 Å². The van der Waals surface area contributed by atoms with E-state index in [-0.39, 0.29) is 18.4 Å². The Morgan fingerprint density at radius 3 is 2.39 bits per heavy atom. The highest BCUT2D eigenvalue weighted by atomic mass is 35.5. The number of nitrogens with one attached hydrogen (secondary N) is 1. The molecule has 9 nitrogen and oxygen atoms in total. The first kappa shape index (κ1) is 23.9. The molecule has 2 heterocycles. The highest BCUT2D eigenvalue weighted by molar-refractivity contribution is 5.85. The van der Waals surface area contributed by atoms with Gasteiger partial charge < -0.3 is 19.5 Å². The van der Waals surface area contributed by atoms with Crippen LogP contribution in [0.5, 0.6) is 17.2 Å². The highest BCUT2D eigenvalue weighted by Crippen LogP contribution is 2.41. The second-order valence-corrected chi connectivity index (χ2v) is 6.96. The summed E-state index contributed by atoms with van der Waals surface area (Å²) in [6.07, 6.45) is 2.26. The predicted molar refractivity (Wildman–Crippen MR) is 126 cm³/mol. The molecule has 3 aromatic rings. The van der Waals surface area contributed by atoms with E-state index in [1.54, 1.807) is 38.5 Å². The Labute approximate surface area is 198 Å². The first-order valence-electron chi connectivity index (χ1n) is 9.99. The van der Waals surface area contributed by atoms with Crippen molar-refractivity contribution in [2.45, 2.75) is 12.5 Å². The third kappa shape index (κ3) is 4.87. The van der Waals surface area contributed by atoms with E-state index < -0.39 is 0 Å². The summed E-state index contributed by atoms with van der Waals surface area (Å²) in [5.41, 5.74) is 2.05. The number of hydrogen-bond donors (Lipinski definition) is 1. The predicted octanol–water partition coefficient (Wildman–Crippen LogP) is 4.42. The van der Waals surface area contributed by atoms with Crippen molar-refractivity contribution in [2.24, 2.45) is 0 Å². The van der Waals surface area contributed by atoms with Crippen molar-refractivity contribution < 1.29 is 19.0 Å². The second-order valence-electron chi connectivity index (χ2n) is 6.96. The molecule has 1 aliphatic heterocycles. The molecule has 0 bridgehead atoms. The van der Waals surface area contributed by atoms with Crippen molar-refractivity contribution in [1.82, 2.24) is 9.97 Å². The number of aromatic nitrogens is 2. The van der Waals surface area contributed by atoms with Gasteiger partial charge in [0.2, 0.25) is 11.7 Å². The van der Waals surface area contributed by atoms with Crippen LogP contribution in [0.25, 0.3) is 0 Å². The normalized spacial score (nSPS) is 14.7. The van der Waals surface area contributed by atoms with E-state index in [2.05, 4.69) is 21.4 Å². The minimum Gasteiger partial charge on any atom is -0.493 e. The van der Waals surface area contributed by atoms with Crippen molar-refractivity contribution in [3.63, 3.8) is 0 Å². The summed E-state index contributed by atoms with van der Waals surface area (Å²) in [4.78, 5) is 14.7. The summed E-state index contributed by atoms with van der Waals surface area (Å²) in [6.45, 7) is 0.532. The molecule has 1 atom stereocenters. The van der Waals surface area contributed by atoms with E-state index in [9.17, 15) is 5.26 Å². The maximum absolute atomic E-state index is 9.63. The number of nitrogens with zero attached hydrogens (tertiary/aromatic N) is 4. The summed E-state index contributed by atoms with van der Waals surface area (Å²) in [5, 5.41) is 14.5. The zero-order valence-electron chi connectivity index (χ0n) is 18.4. The summed E-state index contributed by atoms with van der Waals surface area (Å²) in [5.74, 6) is 2.18. The van der Waals surface area contributed by atoms with Gasteiger partial charge in [-0.05, 0) is 5.56 Å². The minimum absolute atomic E-state index is 0. The fourth-order valence-electron chi connectivity index (χ4n) is 3.62. The first-order valence-corrected chi connectivity index (χ1v) is 9.99. The molecule has 1 fully saturated rings. The smallest absolute Gasteiger partial charge is 0.229 e. The van der Waals surface area contributed by atoms with Crippen LogP contribution in [0.3, 0.4) is 0 Å². The fraction of sp³-hybridized carbons (Fsp3) is 0.261. The number of ether oxygens (including phenoxy) is 3. The molecule has 1 N–H and O–H groups in total. The first-order chi connectivity index (χ1) is 15.7. The van der Waals surface area contributed by atoms with Gasteiger partial charge >= 0.3 is 0 Å². The molecule has 0 aliphatic carbocycles. The van der Waals surface area contributed by atoms with Crippen LogP contribution in [-0.2, 0) is 4.84 Å². The lowest BCUT2D eigenvalue weighted by Gasteiger charge is -2.24. The summed E-state index contributed by atoms with van der Waals surface area (Å²) < 4.78 is 16.2. The minimum atomic E-state index is -0.0489. The molecule has 1 unspecified atom stereocenters. The summed E-state index contributed by atoms with van der Waals surface area (Å²) in [7, 11) is 4.64. The number of benzene rings is 2. The number of methoxy groups -OCH3 is 3. The molecule has 0 saturated carbocycles. The monoisotopic (exact) mass is 469 g/mol. The summed E-state index contributed by atoms with van der Waals surface area (Å²) in [6, 6.07) is 15.6. The quantitative estimate of drug-likeness (QED) is 0.538. The van der Waals surface area contributed by atoms with Gasteiger partial charge in [-0.25, -0.2) is 10.0 Å². The molecule has 2 aromatic carbocycles. The van der Waals surface area contributed by atoms with Gasteiger partial charge in [0.1, 0.15) is 11.6 Å². The van der Waals surface area contributed by atoms with Crippen LogP contribution >= 0.6 is 12.4 Å². The standard InChI is InChI=1S/C23H23N5O4.ClH/c1-29-19-11-17(12-20(30-2)21(19)31-3)26-23-25-14-16(13-24)22(27-23)28-18(9-10-32-28)15-7-5-4-6-8-15;/h4-8,11-12,14,18H,9-10H2,1-3H3,(H,25,26,27);1H. The Morgan fingerprint density at radius 1 is 1.09 bits per heavy atom. The summed E-state index contributed by atoms with van der Waals surface area (Å²) >= 11 is 0. The second kappa shape index (κ2) is 10.7. The van der Waals surface area contributed by atoms with Gasteiger partial charge in [0, 0.05) is 24.2 Å². The van der Waals surface area contributed by atoms with E-state index in [1.807, 2.05) is 30.3 Å². The van der Waals surface area contributed by atoms with E-state index in [0.717, 1.165) is 12.0 Å². The SMILES string of the molecule is COc1cc(Nc2ncc(C#N)c(N3OCCC3c3ccccc3)n2)cc(OC)c1OC.Cl. The Hall–Kier alpha value is -3.74. The topological polar surface area (TPSA) is 102 Å². The largest absolute Gasteiger partial charge is 0.493 e. The van der Waals surface area contributed by atoms with Crippen molar-refractivity contribution in [3.8, 4) is 23.3 Å². The highest BCUT2D eigenvalue weighted by Gasteiger charge is 2.31. The molecular weight excluding hydrogens is 446 g/mol. The van der Waals surface area contributed by atoms with Gasteiger partial charge in [-0.15, -0.1) is 12.4 Å². The number of nitriles is 1. The lowest BCUT2D eigenvalue weighted by molar-refractivity contribution is 0.156. The van der Waals surface area contributed by atoms with E-state index >= 15 is 0 Å². The molecule has 33 heavy (non-hydrogen) atoms. The third-order valence-corrected chi connectivity index (χ3v) is 5.11. The maximum atomic E-state index is 9.63.